The van der Waals surface area contributed by atoms with Gasteiger partial charge in [0, 0.05) is 6.42 Å². The van der Waals surface area contributed by atoms with E-state index in [2.05, 4.69) is 62.5 Å². The van der Waals surface area contributed by atoms with Crippen LogP contribution < -0.4 is 5.32 Å². The molecule has 0 radical (unpaired) electrons. The van der Waals surface area contributed by atoms with Gasteiger partial charge in [-0.2, -0.15) is 0 Å². The lowest BCUT2D eigenvalue weighted by molar-refractivity contribution is -0.305. The Morgan fingerprint density at radius 1 is 0.448 bits per heavy atom. The third-order valence-electron chi connectivity index (χ3n) is 17.7. The fourth-order valence-corrected chi connectivity index (χ4v) is 11.8. The number of hydrogen-bond donors (Lipinski definition) is 6. The summed E-state index contributed by atoms with van der Waals surface area (Å²) in [6.07, 6.45) is 70.1. The first-order valence-corrected chi connectivity index (χ1v) is 37.4. The van der Waals surface area contributed by atoms with Crippen molar-refractivity contribution >= 4 is 11.9 Å². The molecule has 0 aromatic rings. The number of allylic oxidation sites excluding steroid dienone is 7. The molecule has 11 heteroatoms. The van der Waals surface area contributed by atoms with Crippen molar-refractivity contribution in [1.29, 1.82) is 0 Å². The van der Waals surface area contributed by atoms with Crippen LogP contribution in [0.5, 0.6) is 0 Å². The number of aliphatic hydroxyl groups excluding tert-OH is 5. The normalized spacial score (nSPS) is 18.5. The van der Waals surface area contributed by atoms with Crippen molar-refractivity contribution in [2.45, 2.75) is 410 Å². The Bertz CT molecular complexity index is 1600. The van der Waals surface area contributed by atoms with Gasteiger partial charge in [-0.15, -0.1) is 0 Å². The van der Waals surface area contributed by atoms with Crippen molar-refractivity contribution in [3.05, 3.63) is 48.6 Å². The highest BCUT2D eigenvalue weighted by Gasteiger charge is 2.47. The minimum atomic E-state index is -1.61. The maximum absolute atomic E-state index is 13.5. The van der Waals surface area contributed by atoms with Crippen molar-refractivity contribution in [3.63, 3.8) is 0 Å². The third kappa shape index (κ3) is 50.9. The summed E-state index contributed by atoms with van der Waals surface area (Å²) in [5.74, 6) is -1.18. The van der Waals surface area contributed by atoms with Crippen molar-refractivity contribution in [1.82, 2.24) is 5.32 Å². The molecule has 1 aliphatic heterocycles. The van der Waals surface area contributed by atoms with E-state index in [1.165, 1.54) is 250 Å². The van der Waals surface area contributed by atoms with Gasteiger partial charge in [-0.25, -0.2) is 0 Å². The van der Waals surface area contributed by atoms with Crippen LogP contribution in [0.25, 0.3) is 0 Å². The first-order valence-electron chi connectivity index (χ1n) is 37.4. The highest BCUT2D eigenvalue weighted by atomic mass is 16.7. The number of nitrogens with one attached hydrogen (secondary N) is 1. The number of rotatable bonds is 65. The van der Waals surface area contributed by atoms with Crippen LogP contribution >= 0.6 is 0 Å². The van der Waals surface area contributed by atoms with Gasteiger partial charge in [0.05, 0.1) is 25.4 Å². The fraction of sp³-hybridized carbons (Fsp3) is 0.868. The topological polar surface area (TPSA) is 175 Å². The molecular weight excluding hydrogens is 1090 g/mol. The van der Waals surface area contributed by atoms with Gasteiger partial charge in [0.25, 0.3) is 0 Å². The molecule has 8 unspecified atom stereocenters. The summed E-state index contributed by atoms with van der Waals surface area (Å²) in [6, 6.07) is -1.02. The fourth-order valence-electron chi connectivity index (χ4n) is 11.8. The van der Waals surface area contributed by atoms with Gasteiger partial charge in [0.15, 0.2) is 12.4 Å². The zero-order valence-electron chi connectivity index (χ0n) is 56.9. The largest absolute Gasteiger partial charge is 0.454 e. The predicted molar refractivity (Wildman–Crippen MR) is 366 cm³/mol. The SMILES string of the molecule is CCCCC/C=C\C/C=C\CCCCCCCCCCCCCCCCCCC(O)C(=O)NC(COC1OC(CO)C(O)C(O)C1OC(=O)CCCCCCCCCCC/C=C/CCCCCCCC)C(O)/C=C/CCCCCCCCCCCCC. The van der Waals surface area contributed by atoms with Crippen molar-refractivity contribution in [3.8, 4) is 0 Å². The zero-order valence-corrected chi connectivity index (χ0v) is 56.9. The molecule has 0 aliphatic carbocycles. The molecule has 1 aliphatic rings. The summed E-state index contributed by atoms with van der Waals surface area (Å²) in [7, 11) is 0. The summed E-state index contributed by atoms with van der Waals surface area (Å²) in [5.41, 5.74) is 0. The summed E-state index contributed by atoms with van der Waals surface area (Å²) in [6.45, 7) is 5.82. The van der Waals surface area contributed by atoms with Gasteiger partial charge < -0.3 is 45.1 Å². The molecule has 1 amide bonds. The van der Waals surface area contributed by atoms with Crippen LogP contribution in [0, 0.1) is 0 Å². The van der Waals surface area contributed by atoms with E-state index < -0.39 is 67.4 Å². The summed E-state index contributed by atoms with van der Waals surface area (Å²) < 4.78 is 17.7. The van der Waals surface area contributed by atoms with Crippen LogP contribution in [0.1, 0.15) is 361 Å². The Hall–Kier alpha value is -2.38. The van der Waals surface area contributed by atoms with E-state index >= 15 is 0 Å². The lowest BCUT2D eigenvalue weighted by Crippen LogP contribution is -2.61. The molecule has 0 bridgehead atoms. The number of ether oxygens (including phenoxy) is 3. The lowest BCUT2D eigenvalue weighted by Gasteiger charge is -2.41. The zero-order chi connectivity index (χ0) is 63.1. The van der Waals surface area contributed by atoms with Crippen molar-refractivity contribution < 1.29 is 49.3 Å². The quantitative estimate of drug-likeness (QED) is 0.0195. The number of amides is 1. The van der Waals surface area contributed by atoms with Crippen LogP contribution in [-0.4, -0.2) is 99.6 Å². The van der Waals surface area contributed by atoms with E-state index in [1.54, 1.807) is 6.08 Å². The number of aliphatic hydroxyl groups is 5. The molecule has 11 nitrogen and oxygen atoms in total. The second-order valence-corrected chi connectivity index (χ2v) is 26.0. The Morgan fingerprint density at radius 2 is 0.793 bits per heavy atom. The molecule has 1 heterocycles. The van der Waals surface area contributed by atoms with E-state index in [0.29, 0.717) is 19.3 Å². The Morgan fingerprint density at radius 3 is 1.21 bits per heavy atom. The average Bonchev–Trinajstić information content (AvgIpc) is 1.52. The van der Waals surface area contributed by atoms with Crippen LogP contribution in [0.2, 0.25) is 0 Å². The van der Waals surface area contributed by atoms with Gasteiger partial charge in [0.2, 0.25) is 5.91 Å². The molecule has 0 saturated carbocycles. The summed E-state index contributed by atoms with van der Waals surface area (Å²) >= 11 is 0. The maximum atomic E-state index is 13.5. The summed E-state index contributed by atoms with van der Waals surface area (Å²) in [4.78, 5) is 26.7. The van der Waals surface area contributed by atoms with E-state index in [-0.39, 0.29) is 13.0 Å². The molecule has 0 spiro atoms. The number of carbonyl (C=O) groups excluding carboxylic acids is 2. The molecule has 8 atom stereocenters. The predicted octanol–water partition coefficient (Wildman–Crippen LogP) is 19.5. The second kappa shape index (κ2) is 63.8. The van der Waals surface area contributed by atoms with Gasteiger partial charge in [-0.3, -0.25) is 9.59 Å². The minimum absolute atomic E-state index is 0.124. The van der Waals surface area contributed by atoms with Crippen molar-refractivity contribution in [2.75, 3.05) is 13.2 Å². The van der Waals surface area contributed by atoms with E-state index in [0.717, 1.165) is 64.2 Å². The smallest absolute Gasteiger partial charge is 0.306 e. The minimum Gasteiger partial charge on any atom is -0.454 e. The molecule has 1 rings (SSSR count). The molecule has 0 aromatic heterocycles. The highest BCUT2D eigenvalue weighted by Crippen LogP contribution is 2.26. The van der Waals surface area contributed by atoms with Crippen LogP contribution in [0.4, 0.5) is 0 Å². The first-order chi connectivity index (χ1) is 42.7. The van der Waals surface area contributed by atoms with E-state index in [1.807, 2.05) is 6.08 Å². The summed E-state index contributed by atoms with van der Waals surface area (Å²) in [5, 5.41) is 57.3. The van der Waals surface area contributed by atoms with E-state index in [4.69, 9.17) is 14.2 Å². The van der Waals surface area contributed by atoms with Gasteiger partial charge in [0.1, 0.15) is 24.4 Å². The van der Waals surface area contributed by atoms with Gasteiger partial charge >= 0.3 is 5.97 Å². The van der Waals surface area contributed by atoms with Gasteiger partial charge in [-0.1, -0.05) is 320 Å². The molecular formula is C76H141NO10. The molecule has 1 saturated heterocycles. The third-order valence-corrected chi connectivity index (χ3v) is 17.7. The van der Waals surface area contributed by atoms with Crippen LogP contribution in [-0.2, 0) is 23.8 Å². The number of unbranched alkanes of at least 4 members (excludes halogenated alkanes) is 45. The molecule has 6 N–H and O–H groups in total. The maximum Gasteiger partial charge on any atom is 0.306 e. The Balaban J connectivity index is 2.54. The Kier molecular flexibility index (Phi) is 60.6. The lowest BCUT2D eigenvalue weighted by atomic mass is 9.99. The van der Waals surface area contributed by atoms with Crippen molar-refractivity contribution in [2.24, 2.45) is 0 Å². The Labute approximate surface area is 536 Å². The van der Waals surface area contributed by atoms with E-state index in [9.17, 15) is 35.1 Å². The van der Waals surface area contributed by atoms with Crippen LogP contribution in [0.3, 0.4) is 0 Å². The van der Waals surface area contributed by atoms with Crippen LogP contribution in [0.15, 0.2) is 48.6 Å². The average molecular weight is 1230 g/mol. The molecule has 0 aromatic carbocycles. The highest BCUT2D eigenvalue weighted by molar-refractivity contribution is 5.80. The standard InChI is InChI=1S/C76H141NO10/c1-4-7-10-13-16-19-22-25-27-29-31-32-33-34-35-36-37-39-40-42-45-48-51-54-57-60-63-69(80)75(84)77-67(68(79)62-59-56-53-50-47-44-24-21-18-15-12-9-6-3)66-85-76-74(73(83)72(82)70(65-78)86-76)87-71(81)64-61-58-55-52-49-46-43-41-38-30-28-26-23-20-17-14-11-8-5-2/h16,19,25-28,59,62,67-70,72-74,76,78-80,82-83H,4-15,17-18,20-24,29-58,60-61,63-66H2,1-3H3,(H,77,84)/b19-16-,27-25-,28-26+,62-59+. The monoisotopic (exact) mass is 1230 g/mol. The second-order valence-electron chi connectivity index (χ2n) is 26.0. The molecule has 510 valence electrons. The molecule has 1 fully saturated rings. The molecule has 87 heavy (non-hydrogen) atoms. The number of carbonyl (C=O) groups is 2. The number of esters is 1. The first kappa shape index (κ1) is 82.6. The van der Waals surface area contributed by atoms with Gasteiger partial charge in [-0.05, 0) is 83.5 Å². The number of hydrogen-bond acceptors (Lipinski definition) is 10.